The highest BCUT2D eigenvalue weighted by Gasteiger charge is 2.23. The van der Waals surface area contributed by atoms with Gasteiger partial charge >= 0.3 is 0 Å². The second-order valence-electron chi connectivity index (χ2n) is 5.68. The van der Waals surface area contributed by atoms with Gasteiger partial charge in [-0.2, -0.15) is 0 Å². The minimum atomic E-state index is -0.160. The normalized spacial score (nSPS) is 16.4. The van der Waals surface area contributed by atoms with E-state index in [1.54, 1.807) is 0 Å². The Morgan fingerprint density at radius 2 is 2.07 bits per heavy atom. The first kappa shape index (κ1) is 19.3. The summed E-state index contributed by atoms with van der Waals surface area (Å²) in [6, 6.07) is 13.5. The number of hydrogen-bond acceptors (Lipinski definition) is 4. The Bertz CT molecular complexity index is 959. The molecule has 3 rings (SSSR count). The standard InChI is InChI=1S/C21H17BrN2O2S/c1-3-11-26-18-10-7-15(12-17(18)22)13-19-20(25)24-21(27-19)23-16-8-5-14(4-2)6-9-16/h1,5-10,12-13H,4,11H2,2H3,(H,23,24,25)/b19-13-. The number of terminal acetylenes is 1. The van der Waals surface area contributed by atoms with Crippen LogP contribution in [0.3, 0.4) is 0 Å². The molecule has 0 aromatic heterocycles. The molecule has 27 heavy (non-hydrogen) atoms. The van der Waals surface area contributed by atoms with Gasteiger partial charge in [0.2, 0.25) is 0 Å². The number of carbonyl (C=O) groups is 1. The van der Waals surface area contributed by atoms with Crippen molar-refractivity contribution in [3.05, 3.63) is 63.0 Å². The van der Waals surface area contributed by atoms with Crippen molar-refractivity contribution in [2.24, 2.45) is 4.99 Å². The number of aryl methyl sites for hydroxylation is 1. The van der Waals surface area contributed by atoms with Crippen molar-refractivity contribution < 1.29 is 9.53 Å². The zero-order valence-corrected chi connectivity index (χ0v) is 17.1. The van der Waals surface area contributed by atoms with Gasteiger partial charge < -0.3 is 10.1 Å². The Kier molecular flexibility index (Phi) is 6.38. The summed E-state index contributed by atoms with van der Waals surface area (Å²) in [6.45, 7) is 2.31. The fourth-order valence-electron chi connectivity index (χ4n) is 2.40. The quantitative estimate of drug-likeness (QED) is 0.530. The van der Waals surface area contributed by atoms with E-state index in [9.17, 15) is 4.79 Å². The maximum Gasteiger partial charge on any atom is 0.264 e. The number of ether oxygens (including phenoxy) is 1. The van der Waals surface area contributed by atoms with E-state index < -0.39 is 0 Å². The van der Waals surface area contributed by atoms with Crippen LogP contribution in [0, 0.1) is 12.3 Å². The number of carbonyl (C=O) groups excluding carboxylic acids is 1. The number of hydrogen-bond donors (Lipinski definition) is 1. The molecule has 1 N–H and O–H groups in total. The van der Waals surface area contributed by atoms with E-state index in [1.807, 2.05) is 48.5 Å². The van der Waals surface area contributed by atoms with Crippen molar-refractivity contribution in [1.29, 1.82) is 0 Å². The molecule has 1 saturated heterocycles. The van der Waals surface area contributed by atoms with Crippen molar-refractivity contribution in [3.8, 4) is 18.1 Å². The summed E-state index contributed by atoms with van der Waals surface area (Å²) in [6.07, 6.45) is 8.01. The Hall–Kier alpha value is -2.49. The van der Waals surface area contributed by atoms with E-state index in [0.29, 0.717) is 15.8 Å². The van der Waals surface area contributed by atoms with Gasteiger partial charge in [0, 0.05) is 0 Å². The lowest BCUT2D eigenvalue weighted by molar-refractivity contribution is -0.115. The summed E-state index contributed by atoms with van der Waals surface area (Å²) in [5.41, 5.74) is 2.94. The zero-order valence-electron chi connectivity index (χ0n) is 14.7. The third kappa shape index (κ3) is 5.03. The van der Waals surface area contributed by atoms with Crippen LogP contribution in [-0.4, -0.2) is 17.7 Å². The minimum absolute atomic E-state index is 0.160. The fraction of sp³-hybridized carbons (Fsp3) is 0.143. The van der Waals surface area contributed by atoms with Gasteiger partial charge in [-0.25, -0.2) is 4.99 Å². The highest BCUT2D eigenvalue weighted by Crippen LogP contribution is 2.31. The number of aliphatic imine (C=N–C) groups is 1. The summed E-state index contributed by atoms with van der Waals surface area (Å²) < 4.78 is 6.20. The lowest BCUT2D eigenvalue weighted by Crippen LogP contribution is -2.19. The lowest BCUT2D eigenvalue weighted by atomic mass is 10.2. The molecule has 2 aromatic rings. The molecule has 1 aliphatic heterocycles. The highest BCUT2D eigenvalue weighted by atomic mass is 79.9. The van der Waals surface area contributed by atoms with Crippen molar-refractivity contribution >= 4 is 50.5 Å². The largest absolute Gasteiger partial charge is 0.480 e. The molecule has 136 valence electrons. The Balaban J connectivity index is 1.75. The summed E-state index contributed by atoms with van der Waals surface area (Å²) in [7, 11) is 0. The third-order valence-electron chi connectivity index (χ3n) is 3.79. The van der Waals surface area contributed by atoms with Crippen molar-refractivity contribution in [2.75, 3.05) is 6.61 Å². The molecular weight excluding hydrogens is 424 g/mol. The van der Waals surface area contributed by atoms with Crippen LogP contribution in [0.25, 0.3) is 6.08 Å². The van der Waals surface area contributed by atoms with Crippen LogP contribution in [0.2, 0.25) is 0 Å². The van der Waals surface area contributed by atoms with Crippen LogP contribution in [0.15, 0.2) is 56.8 Å². The summed E-state index contributed by atoms with van der Waals surface area (Å²) in [4.78, 5) is 17.3. The molecule has 1 aliphatic rings. The zero-order chi connectivity index (χ0) is 19.2. The maximum absolute atomic E-state index is 12.2. The average Bonchev–Trinajstić information content (AvgIpc) is 3.00. The molecule has 0 bridgehead atoms. The number of nitrogens with one attached hydrogen (secondary N) is 1. The molecule has 2 aromatic carbocycles. The molecule has 0 saturated carbocycles. The first-order valence-corrected chi connectivity index (χ1v) is 9.94. The van der Waals surface area contributed by atoms with Gasteiger partial charge in [0.05, 0.1) is 15.1 Å². The molecule has 0 unspecified atom stereocenters. The predicted octanol–water partition coefficient (Wildman–Crippen LogP) is 4.92. The lowest BCUT2D eigenvalue weighted by Gasteiger charge is -2.05. The molecule has 4 nitrogen and oxygen atoms in total. The Morgan fingerprint density at radius 1 is 1.30 bits per heavy atom. The number of nitrogens with zero attached hydrogens (tertiary/aromatic N) is 1. The van der Waals surface area contributed by atoms with E-state index in [4.69, 9.17) is 11.2 Å². The van der Waals surface area contributed by atoms with Gasteiger partial charge in [0.15, 0.2) is 5.17 Å². The SMILES string of the molecule is C#CCOc1ccc(/C=C2\SC(=Nc3ccc(CC)cc3)NC2=O)cc1Br. The molecule has 0 aliphatic carbocycles. The fourth-order valence-corrected chi connectivity index (χ4v) is 3.75. The molecule has 1 heterocycles. The van der Waals surface area contributed by atoms with Gasteiger partial charge in [-0.05, 0) is 75.6 Å². The first-order valence-electron chi connectivity index (χ1n) is 8.33. The molecule has 0 atom stereocenters. The molecule has 6 heteroatoms. The Morgan fingerprint density at radius 3 is 2.74 bits per heavy atom. The first-order chi connectivity index (χ1) is 13.1. The number of rotatable bonds is 5. The van der Waals surface area contributed by atoms with Crippen LogP contribution in [0.1, 0.15) is 18.1 Å². The van der Waals surface area contributed by atoms with Gasteiger partial charge in [0.1, 0.15) is 12.4 Å². The third-order valence-corrected chi connectivity index (χ3v) is 5.32. The summed E-state index contributed by atoms with van der Waals surface area (Å²) in [5, 5.41) is 3.38. The van der Waals surface area contributed by atoms with Gasteiger partial charge in [-0.15, -0.1) is 6.42 Å². The maximum atomic E-state index is 12.2. The average molecular weight is 441 g/mol. The molecule has 0 radical (unpaired) electrons. The van der Waals surface area contributed by atoms with Crippen LogP contribution in [-0.2, 0) is 11.2 Å². The number of amidine groups is 1. The number of thioether (sulfide) groups is 1. The van der Waals surface area contributed by atoms with E-state index in [1.165, 1.54) is 17.3 Å². The van der Waals surface area contributed by atoms with Crippen LogP contribution < -0.4 is 10.1 Å². The smallest absolute Gasteiger partial charge is 0.264 e. The second-order valence-corrected chi connectivity index (χ2v) is 7.57. The number of benzene rings is 2. The van der Waals surface area contributed by atoms with Gasteiger partial charge in [0.25, 0.3) is 5.91 Å². The minimum Gasteiger partial charge on any atom is -0.480 e. The summed E-state index contributed by atoms with van der Waals surface area (Å²) in [5.74, 6) is 2.93. The van der Waals surface area contributed by atoms with Crippen molar-refractivity contribution in [3.63, 3.8) is 0 Å². The molecule has 1 amide bonds. The molecule has 1 fully saturated rings. The molecule has 0 spiro atoms. The monoisotopic (exact) mass is 440 g/mol. The van der Waals surface area contributed by atoms with E-state index in [2.05, 4.69) is 39.1 Å². The van der Waals surface area contributed by atoms with Gasteiger partial charge in [-0.3, -0.25) is 4.79 Å². The number of halogens is 1. The van der Waals surface area contributed by atoms with Gasteiger partial charge in [-0.1, -0.05) is 31.0 Å². The predicted molar refractivity (Wildman–Crippen MR) is 115 cm³/mol. The summed E-state index contributed by atoms with van der Waals surface area (Å²) >= 11 is 4.78. The number of amides is 1. The van der Waals surface area contributed by atoms with E-state index >= 15 is 0 Å². The topological polar surface area (TPSA) is 50.7 Å². The van der Waals surface area contributed by atoms with Crippen LogP contribution in [0.5, 0.6) is 5.75 Å². The van der Waals surface area contributed by atoms with Crippen molar-refractivity contribution in [1.82, 2.24) is 5.32 Å². The highest BCUT2D eigenvalue weighted by molar-refractivity contribution is 9.10. The second kappa shape index (κ2) is 8.94. The van der Waals surface area contributed by atoms with Crippen LogP contribution >= 0.6 is 27.7 Å². The van der Waals surface area contributed by atoms with Crippen molar-refractivity contribution in [2.45, 2.75) is 13.3 Å². The molecular formula is C21H17BrN2O2S. The van der Waals surface area contributed by atoms with E-state index in [0.717, 1.165) is 22.1 Å². The van der Waals surface area contributed by atoms with Crippen LogP contribution in [0.4, 0.5) is 5.69 Å². The van der Waals surface area contributed by atoms with E-state index in [-0.39, 0.29) is 12.5 Å². The Labute approximate surface area is 171 Å².